The maximum Gasteiger partial charge on any atom is 0.229 e. The average Bonchev–Trinajstić information content (AvgIpc) is 3.02. The molecule has 0 unspecified atom stereocenters. The molecular formula is C13H14N4OS. The zero-order valence-corrected chi connectivity index (χ0v) is 11.6. The van der Waals surface area contributed by atoms with Crippen LogP contribution in [0.1, 0.15) is 31.5 Å². The summed E-state index contributed by atoms with van der Waals surface area (Å²) in [5.74, 6) is 1.58. The van der Waals surface area contributed by atoms with Gasteiger partial charge in [0, 0.05) is 5.92 Å². The van der Waals surface area contributed by atoms with Crippen LogP contribution < -0.4 is 5.32 Å². The van der Waals surface area contributed by atoms with E-state index in [9.17, 15) is 0 Å². The smallest absolute Gasteiger partial charge is 0.229 e. The van der Waals surface area contributed by atoms with Crippen molar-refractivity contribution in [2.45, 2.75) is 26.3 Å². The van der Waals surface area contributed by atoms with Gasteiger partial charge in [-0.1, -0.05) is 42.5 Å². The third kappa shape index (κ3) is 2.58. The molecule has 0 aliphatic carbocycles. The Hall–Kier alpha value is -1.95. The summed E-state index contributed by atoms with van der Waals surface area (Å²) in [7, 11) is 0. The molecule has 0 aliphatic heterocycles. The van der Waals surface area contributed by atoms with Gasteiger partial charge in [0.15, 0.2) is 11.0 Å². The van der Waals surface area contributed by atoms with Crippen LogP contribution in [0.25, 0.3) is 10.2 Å². The highest BCUT2D eigenvalue weighted by atomic mass is 32.1. The van der Waals surface area contributed by atoms with Gasteiger partial charge in [0.2, 0.25) is 5.89 Å². The number of aromatic nitrogens is 3. The topological polar surface area (TPSA) is 63.8 Å². The van der Waals surface area contributed by atoms with Crippen molar-refractivity contribution in [3.8, 4) is 0 Å². The SMILES string of the molecule is CC(C)c1nc(CNc2nc3ccccc3s2)no1. The Morgan fingerprint density at radius 1 is 1.26 bits per heavy atom. The predicted molar refractivity (Wildman–Crippen MR) is 75.3 cm³/mol. The fourth-order valence-electron chi connectivity index (χ4n) is 1.68. The monoisotopic (exact) mass is 274 g/mol. The number of hydrogen-bond acceptors (Lipinski definition) is 6. The van der Waals surface area contributed by atoms with Crippen molar-refractivity contribution in [3.63, 3.8) is 0 Å². The van der Waals surface area contributed by atoms with Crippen molar-refractivity contribution < 1.29 is 4.52 Å². The molecule has 0 saturated carbocycles. The first kappa shape index (κ1) is 12.1. The largest absolute Gasteiger partial charge is 0.354 e. The molecule has 1 aromatic carbocycles. The Bertz CT molecular complexity index is 656. The number of hydrogen-bond donors (Lipinski definition) is 1. The van der Waals surface area contributed by atoms with Crippen LogP contribution in [0.15, 0.2) is 28.8 Å². The minimum absolute atomic E-state index is 0.253. The maximum absolute atomic E-state index is 5.16. The molecule has 0 spiro atoms. The molecule has 0 bridgehead atoms. The van der Waals surface area contributed by atoms with E-state index in [0.29, 0.717) is 18.3 Å². The lowest BCUT2D eigenvalue weighted by atomic mass is 10.2. The number of nitrogens with one attached hydrogen (secondary N) is 1. The Kier molecular flexibility index (Phi) is 3.16. The van der Waals surface area contributed by atoms with E-state index in [1.165, 1.54) is 4.70 Å². The van der Waals surface area contributed by atoms with Crippen molar-refractivity contribution >= 4 is 26.7 Å². The van der Waals surface area contributed by atoms with E-state index in [1.807, 2.05) is 32.0 Å². The number of thiazole rings is 1. The predicted octanol–water partition coefficient (Wildman–Crippen LogP) is 3.41. The van der Waals surface area contributed by atoms with Crippen LogP contribution in [-0.4, -0.2) is 15.1 Å². The third-order valence-corrected chi connectivity index (χ3v) is 3.66. The van der Waals surface area contributed by atoms with Gasteiger partial charge in [-0.15, -0.1) is 0 Å². The molecule has 0 atom stereocenters. The first-order valence-electron chi connectivity index (χ1n) is 6.14. The Morgan fingerprint density at radius 2 is 2.11 bits per heavy atom. The van der Waals surface area contributed by atoms with Crippen molar-refractivity contribution in [3.05, 3.63) is 36.0 Å². The first-order valence-corrected chi connectivity index (χ1v) is 6.96. The molecule has 1 N–H and O–H groups in total. The van der Waals surface area contributed by atoms with Gasteiger partial charge in [0.05, 0.1) is 16.8 Å². The highest BCUT2D eigenvalue weighted by molar-refractivity contribution is 7.22. The first-order chi connectivity index (χ1) is 9.22. The summed E-state index contributed by atoms with van der Waals surface area (Å²) in [4.78, 5) is 8.81. The molecule has 0 radical (unpaired) electrons. The van der Waals surface area contributed by atoms with Crippen molar-refractivity contribution in [1.29, 1.82) is 0 Å². The second-order valence-corrected chi connectivity index (χ2v) is 5.57. The maximum atomic E-state index is 5.16. The van der Waals surface area contributed by atoms with E-state index < -0.39 is 0 Å². The van der Waals surface area contributed by atoms with E-state index in [0.717, 1.165) is 10.6 Å². The normalized spacial score (nSPS) is 11.3. The third-order valence-electron chi connectivity index (χ3n) is 2.67. The molecule has 98 valence electrons. The molecular weight excluding hydrogens is 260 g/mol. The number of anilines is 1. The Labute approximate surface area is 114 Å². The van der Waals surface area contributed by atoms with Gasteiger partial charge in [-0.05, 0) is 12.1 Å². The van der Waals surface area contributed by atoms with Crippen LogP contribution in [0, 0.1) is 0 Å². The van der Waals surface area contributed by atoms with Crippen molar-refractivity contribution in [2.75, 3.05) is 5.32 Å². The van der Waals surface area contributed by atoms with E-state index >= 15 is 0 Å². The van der Waals surface area contributed by atoms with Crippen LogP contribution in [-0.2, 0) is 6.54 Å². The number of rotatable bonds is 4. The molecule has 5 nitrogen and oxygen atoms in total. The molecule has 2 aromatic heterocycles. The number of para-hydroxylation sites is 1. The lowest BCUT2D eigenvalue weighted by Crippen LogP contribution is -2.01. The minimum Gasteiger partial charge on any atom is -0.354 e. The molecule has 0 saturated heterocycles. The second kappa shape index (κ2) is 4.97. The van der Waals surface area contributed by atoms with Gasteiger partial charge in [-0.25, -0.2) is 4.98 Å². The summed E-state index contributed by atoms with van der Waals surface area (Å²) < 4.78 is 6.32. The van der Waals surface area contributed by atoms with E-state index in [-0.39, 0.29) is 5.92 Å². The van der Waals surface area contributed by atoms with Crippen LogP contribution in [0.3, 0.4) is 0 Å². The van der Waals surface area contributed by atoms with E-state index in [1.54, 1.807) is 11.3 Å². The van der Waals surface area contributed by atoms with Crippen LogP contribution in [0.5, 0.6) is 0 Å². The molecule has 2 heterocycles. The molecule has 3 rings (SSSR count). The molecule has 19 heavy (non-hydrogen) atoms. The summed E-state index contributed by atoms with van der Waals surface area (Å²) in [5, 5.41) is 8.03. The van der Waals surface area contributed by atoms with Gasteiger partial charge in [0.25, 0.3) is 0 Å². The molecule has 0 aliphatic rings. The van der Waals surface area contributed by atoms with Crippen molar-refractivity contribution in [1.82, 2.24) is 15.1 Å². The van der Waals surface area contributed by atoms with Crippen LogP contribution >= 0.6 is 11.3 Å². The van der Waals surface area contributed by atoms with Crippen molar-refractivity contribution in [2.24, 2.45) is 0 Å². The van der Waals surface area contributed by atoms with Gasteiger partial charge in [-0.3, -0.25) is 0 Å². The summed E-state index contributed by atoms with van der Waals surface area (Å²) in [5.41, 5.74) is 1.01. The summed E-state index contributed by atoms with van der Waals surface area (Å²) >= 11 is 1.62. The Balaban J connectivity index is 1.71. The highest BCUT2D eigenvalue weighted by Gasteiger charge is 2.10. The van der Waals surface area contributed by atoms with Gasteiger partial charge < -0.3 is 9.84 Å². The fraction of sp³-hybridized carbons (Fsp3) is 0.308. The summed E-state index contributed by atoms with van der Waals surface area (Å²) in [6, 6.07) is 8.06. The quantitative estimate of drug-likeness (QED) is 0.789. The Morgan fingerprint density at radius 3 is 2.84 bits per heavy atom. The average molecular weight is 274 g/mol. The van der Waals surface area contributed by atoms with E-state index in [4.69, 9.17) is 4.52 Å². The lowest BCUT2D eigenvalue weighted by molar-refractivity contribution is 0.361. The minimum atomic E-state index is 0.253. The van der Waals surface area contributed by atoms with Gasteiger partial charge in [-0.2, -0.15) is 4.98 Å². The van der Waals surface area contributed by atoms with Crippen LogP contribution in [0.4, 0.5) is 5.13 Å². The molecule has 6 heteroatoms. The van der Waals surface area contributed by atoms with Gasteiger partial charge in [0.1, 0.15) is 0 Å². The van der Waals surface area contributed by atoms with Crippen LogP contribution in [0.2, 0.25) is 0 Å². The standard InChI is InChI=1S/C13H14N4OS/c1-8(2)12-16-11(17-18-12)7-14-13-15-9-5-3-4-6-10(9)19-13/h3-6,8H,7H2,1-2H3,(H,14,15). The highest BCUT2D eigenvalue weighted by Crippen LogP contribution is 2.25. The number of fused-ring (bicyclic) bond motifs is 1. The lowest BCUT2D eigenvalue weighted by Gasteiger charge is -1.96. The summed E-state index contributed by atoms with van der Waals surface area (Å²) in [6.07, 6.45) is 0. The molecule has 3 aromatic rings. The zero-order chi connectivity index (χ0) is 13.2. The summed E-state index contributed by atoms with van der Waals surface area (Å²) in [6.45, 7) is 4.58. The second-order valence-electron chi connectivity index (χ2n) is 4.54. The zero-order valence-electron chi connectivity index (χ0n) is 10.8. The van der Waals surface area contributed by atoms with E-state index in [2.05, 4.69) is 26.5 Å². The number of benzene rings is 1. The van der Waals surface area contributed by atoms with Gasteiger partial charge >= 0.3 is 0 Å². The molecule has 0 amide bonds. The number of nitrogens with zero attached hydrogens (tertiary/aromatic N) is 3. The molecule has 0 fully saturated rings. The fourth-order valence-corrected chi connectivity index (χ4v) is 2.54.